The first kappa shape index (κ1) is 11.3. The molecule has 0 aromatic heterocycles. The van der Waals surface area contributed by atoms with Crippen molar-refractivity contribution in [1.29, 1.82) is 0 Å². The number of carboxylic acids is 1. The molecule has 8 heavy (non-hydrogen) atoms. The summed E-state index contributed by atoms with van der Waals surface area (Å²) in [5, 5.41) is 16.3. The van der Waals surface area contributed by atoms with Crippen LogP contribution in [0.25, 0.3) is 0 Å². The van der Waals surface area contributed by atoms with E-state index in [2.05, 4.69) is 6.92 Å². The zero-order valence-corrected chi connectivity index (χ0v) is 7.01. The van der Waals surface area contributed by atoms with E-state index in [9.17, 15) is 4.79 Å². The topological polar surface area (TPSA) is 57.5 Å². The predicted molar refractivity (Wildman–Crippen MR) is 23.6 cm³/mol. The molecule has 0 saturated carbocycles. The van der Waals surface area contributed by atoms with E-state index in [4.69, 9.17) is 10.2 Å². The molecule has 0 aliphatic rings. The predicted octanol–water partition coefficient (Wildman–Crippen LogP) is -3.34. The molecule has 3 nitrogen and oxygen atoms in total. The number of aliphatic hydroxyl groups is 1. The monoisotopic (exact) mass is 126 g/mol. The molecule has 0 heterocycles. The molecule has 2 N–H and O–H groups in total. The zero-order chi connectivity index (χ0) is 6.08. The van der Waals surface area contributed by atoms with Gasteiger partial charge in [0.15, 0.2) is 0 Å². The third kappa shape index (κ3) is 4.59. The average Bonchev–Trinajstić information content (AvgIpc) is 1.31. The van der Waals surface area contributed by atoms with E-state index in [0.717, 1.165) is 6.92 Å². The summed E-state index contributed by atoms with van der Waals surface area (Å²) in [5.41, 5.74) is -1.83. The Bertz CT molecular complexity index is 83.8. The van der Waals surface area contributed by atoms with Crippen molar-refractivity contribution in [2.45, 2.75) is 12.5 Å². The summed E-state index contributed by atoms with van der Waals surface area (Å²) in [6, 6.07) is 0. The van der Waals surface area contributed by atoms with Gasteiger partial charge in [-0.3, -0.25) is 4.79 Å². The Morgan fingerprint density at radius 3 is 1.88 bits per heavy atom. The molecule has 1 atom stereocenters. The van der Waals surface area contributed by atoms with Gasteiger partial charge in [0.25, 0.3) is 0 Å². The van der Waals surface area contributed by atoms with Gasteiger partial charge >= 0.3 is 35.5 Å². The summed E-state index contributed by atoms with van der Waals surface area (Å²) >= 11 is 0. The minimum absolute atomic E-state index is 0. The van der Waals surface area contributed by atoms with Crippen LogP contribution in [0.15, 0.2) is 0 Å². The molecule has 0 saturated heterocycles. The number of hydrogen-bond acceptors (Lipinski definition) is 2. The zero-order valence-electron chi connectivity index (χ0n) is 5.01. The standard InChI is InChI=1S/C4H7O3.Na/c1-4(2,7)3(5)6;/h7H,1H2,2H3,(H,5,6);/q-1;+1. The molecule has 0 aliphatic carbocycles. The number of aliphatic carboxylic acids is 1. The Hall–Kier alpha value is 0.430. The molecule has 0 bridgehead atoms. The molecule has 42 valence electrons. The molecular formula is C4H7NaO3. The third-order valence-electron chi connectivity index (χ3n) is 0.461. The van der Waals surface area contributed by atoms with Crippen LogP contribution in [0.4, 0.5) is 0 Å². The van der Waals surface area contributed by atoms with Gasteiger partial charge in [0.05, 0.1) is 0 Å². The summed E-state index contributed by atoms with van der Waals surface area (Å²) in [6.07, 6.45) is 0. The maximum Gasteiger partial charge on any atom is 1.00 e. The van der Waals surface area contributed by atoms with Gasteiger partial charge in [-0.15, -0.1) is 0 Å². The van der Waals surface area contributed by atoms with Crippen LogP contribution in [0.3, 0.4) is 0 Å². The second-order valence-electron chi connectivity index (χ2n) is 1.58. The first-order valence-corrected chi connectivity index (χ1v) is 1.75. The van der Waals surface area contributed by atoms with Crippen molar-refractivity contribution >= 4 is 5.97 Å². The maximum absolute atomic E-state index is 9.71. The molecule has 0 amide bonds. The van der Waals surface area contributed by atoms with Crippen LogP contribution in [0.1, 0.15) is 6.92 Å². The molecule has 1 unspecified atom stereocenters. The van der Waals surface area contributed by atoms with Crippen LogP contribution in [-0.4, -0.2) is 21.8 Å². The molecule has 0 rings (SSSR count). The van der Waals surface area contributed by atoms with Crippen molar-refractivity contribution in [2.24, 2.45) is 0 Å². The first-order valence-electron chi connectivity index (χ1n) is 1.75. The number of rotatable bonds is 1. The first-order chi connectivity index (χ1) is 2.94. The van der Waals surface area contributed by atoms with Crippen LogP contribution >= 0.6 is 0 Å². The van der Waals surface area contributed by atoms with E-state index in [-0.39, 0.29) is 29.6 Å². The SMILES string of the molecule is [CH2-]C(C)(O)C(=O)O.[Na+]. The fourth-order valence-electron chi connectivity index (χ4n) is 0. The van der Waals surface area contributed by atoms with Crippen molar-refractivity contribution in [1.82, 2.24) is 0 Å². The van der Waals surface area contributed by atoms with Crippen LogP contribution in [-0.2, 0) is 4.79 Å². The molecular weight excluding hydrogens is 119 g/mol. The number of hydrogen-bond donors (Lipinski definition) is 2. The second-order valence-corrected chi connectivity index (χ2v) is 1.58. The third-order valence-corrected chi connectivity index (χ3v) is 0.461. The van der Waals surface area contributed by atoms with E-state index in [0.29, 0.717) is 0 Å². The number of carboxylic acid groups (broad SMARTS) is 1. The van der Waals surface area contributed by atoms with Gasteiger partial charge in [0.2, 0.25) is 0 Å². The molecule has 0 aromatic carbocycles. The van der Waals surface area contributed by atoms with Crippen molar-refractivity contribution in [3.8, 4) is 0 Å². The molecule has 0 fully saturated rings. The van der Waals surface area contributed by atoms with Crippen LogP contribution < -0.4 is 29.6 Å². The van der Waals surface area contributed by atoms with E-state index >= 15 is 0 Å². The van der Waals surface area contributed by atoms with Gasteiger partial charge < -0.3 is 17.1 Å². The van der Waals surface area contributed by atoms with Gasteiger partial charge in [-0.05, 0) is 0 Å². The van der Waals surface area contributed by atoms with Crippen molar-refractivity contribution < 1.29 is 44.6 Å². The maximum atomic E-state index is 9.71. The van der Waals surface area contributed by atoms with Crippen molar-refractivity contribution in [2.75, 3.05) is 0 Å². The van der Waals surface area contributed by atoms with Gasteiger partial charge in [-0.2, -0.15) is 0 Å². The van der Waals surface area contributed by atoms with Gasteiger partial charge in [0, 0.05) is 5.60 Å². The molecule has 0 radical (unpaired) electrons. The number of carbonyl (C=O) groups is 1. The smallest absolute Gasteiger partial charge is 0.481 e. The fraction of sp³-hybridized carbons (Fsp3) is 0.500. The van der Waals surface area contributed by atoms with E-state index in [1.807, 2.05) is 0 Å². The van der Waals surface area contributed by atoms with Gasteiger partial charge in [-0.1, -0.05) is 6.92 Å². The Labute approximate surface area is 70.0 Å². The van der Waals surface area contributed by atoms with Gasteiger partial charge in [0.1, 0.15) is 0 Å². The molecule has 0 aliphatic heterocycles. The Kier molecular flexibility index (Phi) is 4.86. The van der Waals surface area contributed by atoms with E-state index < -0.39 is 11.6 Å². The summed E-state index contributed by atoms with van der Waals surface area (Å²) in [6.45, 7) is 4.03. The molecule has 4 heteroatoms. The van der Waals surface area contributed by atoms with Crippen LogP contribution in [0.5, 0.6) is 0 Å². The van der Waals surface area contributed by atoms with Gasteiger partial charge in [-0.25, -0.2) is 0 Å². The minimum atomic E-state index is -1.83. The Morgan fingerprint density at radius 2 is 1.88 bits per heavy atom. The molecule has 0 aromatic rings. The summed E-state index contributed by atoms with van der Waals surface area (Å²) < 4.78 is 0. The summed E-state index contributed by atoms with van der Waals surface area (Å²) in [7, 11) is 0. The average molecular weight is 126 g/mol. The summed E-state index contributed by atoms with van der Waals surface area (Å²) in [4.78, 5) is 9.71. The normalized spacial score (nSPS) is 15.9. The van der Waals surface area contributed by atoms with Crippen molar-refractivity contribution in [3.63, 3.8) is 0 Å². The molecule has 0 spiro atoms. The minimum Gasteiger partial charge on any atom is -0.481 e. The Morgan fingerprint density at radius 1 is 1.75 bits per heavy atom. The van der Waals surface area contributed by atoms with Crippen LogP contribution in [0, 0.1) is 6.92 Å². The largest absolute Gasteiger partial charge is 1.00 e. The Balaban J connectivity index is 0. The van der Waals surface area contributed by atoms with E-state index in [1.54, 1.807) is 0 Å². The van der Waals surface area contributed by atoms with Crippen LogP contribution in [0.2, 0.25) is 0 Å². The quantitative estimate of drug-likeness (QED) is 0.285. The summed E-state index contributed by atoms with van der Waals surface area (Å²) in [5.74, 6) is -1.31. The van der Waals surface area contributed by atoms with Crippen molar-refractivity contribution in [3.05, 3.63) is 6.92 Å². The van der Waals surface area contributed by atoms with E-state index in [1.165, 1.54) is 0 Å². The second kappa shape index (κ2) is 3.45. The fourth-order valence-corrected chi connectivity index (χ4v) is 0.